The van der Waals surface area contributed by atoms with Crippen molar-refractivity contribution in [1.29, 1.82) is 0 Å². The van der Waals surface area contributed by atoms with Crippen LogP contribution in [-0.2, 0) is 19.4 Å². The minimum Gasteiger partial charge on any atom is -0.489 e. The van der Waals surface area contributed by atoms with Crippen LogP contribution in [0.5, 0.6) is 5.75 Å². The van der Waals surface area contributed by atoms with Gasteiger partial charge in [0.1, 0.15) is 23.7 Å². The Morgan fingerprint density at radius 3 is 2.59 bits per heavy atom. The number of aromatic nitrogens is 2. The predicted molar refractivity (Wildman–Crippen MR) is 153 cm³/mol. The number of aryl methyl sites for hydroxylation is 2. The number of hydrogen-bond donors (Lipinski definition) is 3. The molecule has 0 amide bonds. The molecule has 0 bridgehead atoms. The number of unbranched alkanes of at least 4 members (excludes halogenated alkanes) is 1. The standard InChI is InChI=1S/C18H19NO2.C9H17N3OS.CH5N/c1-13-9-15(17-3-2-8-19-18(17)10-13)12-21-16-6-4-14(11-20)5-7-16;1-3-12(2)7-5-4-6-8-10-11-9(13)14-8;1-2/h4-7,9-11,19H,2-3,8,12H2,1H3;3-7H2,1-2H3,(H,11,13);2H2,1H3. The Bertz CT molecular complexity index is 1130. The first kappa shape index (κ1) is 30.2. The Morgan fingerprint density at radius 1 is 1.19 bits per heavy atom. The second-order valence-electron chi connectivity index (χ2n) is 8.82. The Labute approximate surface area is 224 Å². The van der Waals surface area contributed by atoms with Crippen LogP contribution in [0.15, 0.2) is 41.2 Å². The Balaban J connectivity index is 0.000000263. The van der Waals surface area contributed by atoms with Gasteiger partial charge in [-0.05, 0) is 107 Å². The van der Waals surface area contributed by atoms with Gasteiger partial charge in [0.15, 0.2) is 0 Å². The van der Waals surface area contributed by atoms with Crippen LogP contribution in [-0.4, -0.2) is 55.1 Å². The van der Waals surface area contributed by atoms with Crippen LogP contribution in [0.3, 0.4) is 0 Å². The maximum atomic E-state index is 10.8. The van der Waals surface area contributed by atoms with Crippen LogP contribution in [0, 0.1) is 6.92 Å². The van der Waals surface area contributed by atoms with Gasteiger partial charge in [0.25, 0.3) is 0 Å². The zero-order valence-electron chi connectivity index (χ0n) is 22.5. The molecule has 3 aromatic rings. The monoisotopic (exact) mass is 527 g/mol. The summed E-state index contributed by atoms with van der Waals surface area (Å²) in [6.07, 6.45) is 6.29. The fraction of sp³-hybridized carbons (Fsp3) is 0.464. The maximum absolute atomic E-state index is 10.8. The normalized spacial score (nSPS) is 11.8. The van der Waals surface area contributed by atoms with Gasteiger partial charge in [-0.1, -0.05) is 24.3 Å². The van der Waals surface area contributed by atoms with Gasteiger partial charge < -0.3 is 20.7 Å². The summed E-state index contributed by atoms with van der Waals surface area (Å²) in [5, 5.41) is 10.7. The van der Waals surface area contributed by atoms with Crippen molar-refractivity contribution in [1.82, 2.24) is 15.1 Å². The van der Waals surface area contributed by atoms with Gasteiger partial charge in [0, 0.05) is 24.2 Å². The fourth-order valence-corrected chi connectivity index (χ4v) is 4.59. The van der Waals surface area contributed by atoms with Gasteiger partial charge in [-0.15, -0.1) is 0 Å². The van der Waals surface area contributed by atoms with Crippen molar-refractivity contribution < 1.29 is 9.53 Å². The van der Waals surface area contributed by atoms with Gasteiger partial charge in [-0.25, -0.2) is 5.10 Å². The molecule has 1 aliphatic rings. The average molecular weight is 528 g/mol. The topological polar surface area (TPSA) is 113 Å². The second-order valence-corrected chi connectivity index (χ2v) is 9.86. The van der Waals surface area contributed by atoms with Crippen molar-refractivity contribution in [3.8, 4) is 5.75 Å². The molecule has 4 N–H and O–H groups in total. The van der Waals surface area contributed by atoms with E-state index in [2.05, 4.69) is 59.2 Å². The Morgan fingerprint density at radius 2 is 1.95 bits per heavy atom. The number of nitrogens with zero attached hydrogens (tertiary/aromatic N) is 2. The summed E-state index contributed by atoms with van der Waals surface area (Å²) in [6, 6.07) is 11.6. The SMILES string of the molecule is CCN(C)CCCCc1n[nH]c(=O)s1.CN.Cc1cc(COc2ccc(C=O)cc2)c2c(c1)NCCC2. The first-order chi connectivity index (χ1) is 18.0. The number of aromatic amines is 1. The van der Waals surface area contributed by atoms with Crippen molar-refractivity contribution in [3.05, 3.63) is 73.3 Å². The molecule has 2 heterocycles. The molecule has 0 aliphatic carbocycles. The molecule has 0 saturated heterocycles. The second kappa shape index (κ2) is 16.7. The number of nitrogens with one attached hydrogen (secondary N) is 2. The lowest BCUT2D eigenvalue weighted by Crippen LogP contribution is -2.18. The zero-order valence-corrected chi connectivity index (χ0v) is 23.3. The molecule has 37 heavy (non-hydrogen) atoms. The summed E-state index contributed by atoms with van der Waals surface area (Å²) in [5.41, 5.74) is 10.3. The average Bonchev–Trinajstić information content (AvgIpc) is 3.36. The fourth-order valence-electron chi connectivity index (χ4n) is 3.95. The molecular weight excluding hydrogens is 486 g/mol. The molecule has 9 heteroatoms. The molecular formula is C28H41N5O3S. The molecule has 0 saturated carbocycles. The lowest BCUT2D eigenvalue weighted by atomic mass is 9.96. The molecule has 8 nitrogen and oxygen atoms in total. The van der Waals surface area contributed by atoms with E-state index >= 15 is 0 Å². The Hall–Kier alpha value is -3.01. The highest BCUT2D eigenvalue weighted by atomic mass is 32.1. The summed E-state index contributed by atoms with van der Waals surface area (Å²) in [7, 11) is 3.62. The van der Waals surface area contributed by atoms with Crippen LogP contribution in [0.4, 0.5) is 5.69 Å². The number of anilines is 1. The number of hydrogen-bond acceptors (Lipinski definition) is 8. The van der Waals surface area contributed by atoms with Crippen LogP contribution in [0.1, 0.15) is 58.2 Å². The number of H-pyrrole nitrogens is 1. The van der Waals surface area contributed by atoms with E-state index in [1.54, 1.807) is 12.1 Å². The highest BCUT2D eigenvalue weighted by Gasteiger charge is 2.14. The minimum absolute atomic E-state index is 0.0503. The zero-order chi connectivity index (χ0) is 27.0. The smallest absolute Gasteiger partial charge is 0.322 e. The van der Waals surface area contributed by atoms with E-state index in [-0.39, 0.29) is 4.87 Å². The van der Waals surface area contributed by atoms with Gasteiger partial charge in [-0.3, -0.25) is 9.59 Å². The maximum Gasteiger partial charge on any atom is 0.322 e. The van der Waals surface area contributed by atoms with E-state index in [0.29, 0.717) is 12.2 Å². The predicted octanol–water partition coefficient (Wildman–Crippen LogP) is 4.43. The van der Waals surface area contributed by atoms with Gasteiger partial charge in [-0.2, -0.15) is 5.10 Å². The number of nitrogens with two attached hydrogens (primary N) is 1. The largest absolute Gasteiger partial charge is 0.489 e. The molecule has 1 aliphatic heterocycles. The van der Waals surface area contributed by atoms with Gasteiger partial charge in [0.2, 0.25) is 0 Å². The molecule has 0 atom stereocenters. The first-order valence-corrected chi connectivity index (χ1v) is 13.6. The number of benzene rings is 2. The number of carbonyl (C=O) groups is 1. The molecule has 0 radical (unpaired) electrons. The third kappa shape index (κ3) is 10.5. The lowest BCUT2D eigenvalue weighted by molar-refractivity contribution is 0.112. The number of aldehydes is 1. The van der Waals surface area contributed by atoms with Crippen molar-refractivity contribution in [2.75, 3.05) is 39.0 Å². The summed E-state index contributed by atoms with van der Waals surface area (Å²) in [4.78, 5) is 23.7. The summed E-state index contributed by atoms with van der Waals surface area (Å²) < 4.78 is 5.87. The van der Waals surface area contributed by atoms with Crippen LogP contribution >= 0.6 is 11.3 Å². The lowest BCUT2D eigenvalue weighted by Gasteiger charge is -2.22. The molecule has 0 unspecified atom stereocenters. The number of fused-ring (bicyclic) bond motifs is 1. The molecule has 0 spiro atoms. The number of rotatable bonds is 10. The minimum atomic E-state index is -0.0503. The number of ether oxygens (including phenoxy) is 1. The summed E-state index contributed by atoms with van der Waals surface area (Å²) >= 11 is 1.22. The van der Waals surface area contributed by atoms with Gasteiger partial charge in [0.05, 0.1) is 0 Å². The molecule has 202 valence electrons. The number of carbonyl (C=O) groups excluding carboxylic acids is 1. The summed E-state index contributed by atoms with van der Waals surface area (Å²) in [6.45, 7) is 8.08. The molecule has 0 fully saturated rings. The third-order valence-electron chi connectivity index (χ3n) is 6.02. The van der Waals surface area contributed by atoms with Crippen LogP contribution in [0.2, 0.25) is 0 Å². The van der Waals surface area contributed by atoms with Gasteiger partial charge >= 0.3 is 4.87 Å². The van der Waals surface area contributed by atoms with Crippen molar-refractivity contribution >= 4 is 23.3 Å². The highest BCUT2D eigenvalue weighted by molar-refractivity contribution is 7.08. The highest BCUT2D eigenvalue weighted by Crippen LogP contribution is 2.28. The quantitative estimate of drug-likeness (QED) is 0.264. The molecule has 1 aromatic heterocycles. The Kier molecular flexibility index (Phi) is 13.6. The van der Waals surface area contributed by atoms with E-state index < -0.39 is 0 Å². The van der Waals surface area contributed by atoms with E-state index in [0.717, 1.165) is 68.8 Å². The van der Waals surface area contributed by atoms with Crippen molar-refractivity contribution in [3.63, 3.8) is 0 Å². The van der Waals surface area contributed by atoms with E-state index in [1.165, 1.54) is 40.8 Å². The third-order valence-corrected chi connectivity index (χ3v) is 6.83. The summed E-state index contributed by atoms with van der Waals surface area (Å²) in [5.74, 6) is 0.791. The van der Waals surface area contributed by atoms with Crippen molar-refractivity contribution in [2.24, 2.45) is 5.73 Å². The molecule has 2 aromatic carbocycles. The van der Waals surface area contributed by atoms with E-state index in [9.17, 15) is 9.59 Å². The van der Waals surface area contributed by atoms with E-state index in [1.807, 2.05) is 12.1 Å². The molecule has 4 rings (SSSR count). The van der Waals surface area contributed by atoms with Crippen molar-refractivity contribution in [2.45, 2.75) is 52.6 Å². The van der Waals surface area contributed by atoms with E-state index in [4.69, 9.17) is 4.74 Å². The van der Waals surface area contributed by atoms with Crippen LogP contribution in [0.25, 0.3) is 0 Å². The first-order valence-electron chi connectivity index (χ1n) is 12.8. The van der Waals surface area contributed by atoms with Crippen LogP contribution < -0.4 is 20.7 Å².